The molecule has 5 fully saturated rings. The highest BCUT2D eigenvalue weighted by Gasteiger charge is 2.71. The third-order valence-corrected chi connectivity index (χ3v) is 15.9. The lowest BCUT2D eigenvalue weighted by Gasteiger charge is -2.73. The van der Waals surface area contributed by atoms with E-state index in [1.807, 2.05) is 0 Å². The van der Waals surface area contributed by atoms with Crippen LogP contribution in [0.25, 0.3) is 6.08 Å². The molecule has 0 aliphatic heterocycles. The van der Waals surface area contributed by atoms with Gasteiger partial charge in [0.25, 0.3) is 0 Å². The molecule has 6 rings (SSSR count). The summed E-state index contributed by atoms with van der Waals surface area (Å²) in [6.45, 7) is 23.8. The van der Waals surface area contributed by atoms with Gasteiger partial charge in [-0.15, -0.1) is 0 Å². The van der Waals surface area contributed by atoms with Crippen molar-refractivity contribution < 1.29 is 38.1 Å². The summed E-state index contributed by atoms with van der Waals surface area (Å²) in [6.07, 6.45) is 14.0. The molecule has 0 amide bonds. The van der Waals surface area contributed by atoms with E-state index in [0.717, 1.165) is 38.5 Å². The van der Waals surface area contributed by atoms with Gasteiger partial charge in [0.15, 0.2) is 11.5 Å². The molecule has 10 unspecified atom stereocenters. The Morgan fingerprint density at radius 1 is 0.755 bits per heavy atom. The SMILES string of the molecule is C=C(C)C1CCC2(COC(C)=O)CCC3(C)C(CCC4C5(C)CCC(OC(=O)C=Cc6ccc(OC(C)=O)c(OC(C)=O)c6)C(C)(C)C5CCC43C)C12. The average molecular weight is 731 g/mol. The zero-order valence-electron chi connectivity index (χ0n) is 33.6. The highest BCUT2D eigenvalue weighted by molar-refractivity contribution is 5.87. The van der Waals surface area contributed by atoms with Gasteiger partial charge in [0.05, 0.1) is 6.61 Å². The third-order valence-electron chi connectivity index (χ3n) is 15.9. The van der Waals surface area contributed by atoms with E-state index in [-0.39, 0.29) is 50.6 Å². The van der Waals surface area contributed by atoms with Gasteiger partial charge in [0.1, 0.15) is 6.10 Å². The van der Waals surface area contributed by atoms with Crippen LogP contribution in [0.2, 0.25) is 0 Å². The molecule has 290 valence electrons. The van der Waals surface area contributed by atoms with Gasteiger partial charge in [0.2, 0.25) is 0 Å². The second kappa shape index (κ2) is 14.0. The minimum absolute atomic E-state index is 0.0557. The first kappa shape index (κ1) is 39.3. The van der Waals surface area contributed by atoms with Crippen molar-refractivity contribution in [1.82, 2.24) is 0 Å². The van der Waals surface area contributed by atoms with Gasteiger partial charge < -0.3 is 18.9 Å². The number of esters is 4. The number of allylic oxidation sites excluding steroid dienone is 1. The molecule has 5 aliphatic carbocycles. The molecule has 0 radical (unpaired) electrons. The number of carbonyl (C=O) groups excluding carboxylic acids is 4. The van der Waals surface area contributed by atoms with Crippen LogP contribution in [-0.2, 0) is 28.7 Å². The number of fused-ring (bicyclic) bond motifs is 7. The van der Waals surface area contributed by atoms with Crippen LogP contribution in [0.5, 0.6) is 11.5 Å². The molecule has 53 heavy (non-hydrogen) atoms. The topological polar surface area (TPSA) is 105 Å². The smallest absolute Gasteiger partial charge is 0.331 e. The Balaban J connectivity index is 1.19. The summed E-state index contributed by atoms with van der Waals surface area (Å²) in [5.74, 6) is 1.17. The fraction of sp³-hybridized carbons (Fsp3) is 0.689. The molecule has 0 aromatic heterocycles. The highest BCUT2D eigenvalue weighted by atomic mass is 16.6. The lowest BCUT2D eigenvalue weighted by molar-refractivity contribution is -0.251. The van der Waals surface area contributed by atoms with Gasteiger partial charge in [-0.3, -0.25) is 14.4 Å². The molecule has 10 atom stereocenters. The Hall–Kier alpha value is -3.42. The van der Waals surface area contributed by atoms with Crippen molar-refractivity contribution in [3.63, 3.8) is 0 Å². The van der Waals surface area contributed by atoms with Crippen LogP contribution in [0.3, 0.4) is 0 Å². The number of hydrogen-bond donors (Lipinski definition) is 0. The van der Waals surface area contributed by atoms with Gasteiger partial charge in [-0.25, -0.2) is 4.79 Å². The van der Waals surface area contributed by atoms with Gasteiger partial charge >= 0.3 is 23.9 Å². The Kier molecular flexibility index (Phi) is 10.4. The fourth-order valence-corrected chi connectivity index (χ4v) is 13.4. The van der Waals surface area contributed by atoms with Crippen molar-refractivity contribution in [2.45, 2.75) is 133 Å². The minimum Gasteiger partial charge on any atom is -0.465 e. The van der Waals surface area contributed by atoms with E-state index in [1.165, 1.54) is 51.2 Å². The lowest BCUT2D eigenvalue weighted by atomic mass is 9.32. The van der Waals surface area contributed by atoms with Crippen LogP contribution >= 0.6 is 0 Å². The number of carbonyl (C=O) groups is 4. The number of benzene rings is 1. The predicted octanol–water partition coefficient (Wildman–Crippen LogP) is 9.68. The van der Waals surface area contributed by atoms with Crippen LogP contribution in [0.15, 0.2) is 36.4 Å². The second-order valence-corrected chi connectivity index (χ2v) is 18.8. The van der Waals surface area contributed by atoms with Gasteiger partial charge in [-0.2, -0.15) is 0 Å². The molecule has 8 heteroatoms. The van der Waals surface area contributed by atoms with E-state index >= 15 is 0 Å². The largest absolute Gasteiger partial charge is 0.465 e. The zero-order valence-corrected chi connectivity index (χ0v) is 33.6. The predicted molar refractivity (Wildman–Crippen MR) is 204 cm³/mol. The molecule has 1 aromatic carbocycles. The van der Waals surface area contributed by atoms with Crippen molar-refractivity contribution in [2.75, 3.05) is 6.61 Å². The zero-order chi connectivity index (χ0) is 38.7. The molecular weight excluding hydrogens is 668 g/mol. The van der Waals surface area contributed by atoms with E-state index in [1.54, 1.807) is 31.2 Å². The molecule has 5 saturated carbocycles. The Labute approximate surface area is 316 Å². The number of rotatable bonds is 8. The summed E-state index contributed by atoms with van der Waals surface area (Å²) in [4.78, 5) is 48.6. The summed E-state index contributed by atoms with van der Waals surface area (Å²) in [6, 6.07) is 4.79. The van der Waals surface area contributed by atoms with E-state index in [9.17, 15) is 19.2 Å². The summed E-state index contributed by atoms with van der Waals surface area (Å²) in [7, 11) is 0. The van der Waals surface area contributed by atoms with Crippen LogP contribution in [0, 0.1) is 56.7 Å². The minimum atomic E-state index is -0.544. The molecule has 0 spiro atoms. The standard InChI is InChI=1S/C45H62O8/c1-27(2)32-17-22-45(26-50-28(3)46)24-23-43(9)33(40(32)45)13-15-37-42(8)20-19-38(41(6,7)36(42)18-21-44(37,43)10)53-39(49)16-12-31-11-14-34(51-29(4)47)35(25-31)52-30(5)48/h11-12,14,16,25,32-33,36-38,40H,1,13,15,17-24,26H2,2-10H3. The average Bonchev–Trinajstić information content (AvgIpc) is 3.45. The first-order valence-electron chi connectivity index (χ1n) is 20.0. The Bertz CT molecular complexity index is 1690. The Morgan fingerprint density at radius 2 is 1.45 bits per heavy atom. The molecule has 0 heterocycles. The second-order valence-electron chi connectivity index (χ2n) is 18.8. The van der Waals surface area contributed by atoms with Crippen molar-refractivity contribution in [2.24, 2.45) is 56.7 Å². The van der Waals surface area contributed by atoms with Gasteiger partial charge in [0, 0.05) is 37.7 Å². The molecule has 8 nitrogen and oxygen atoms in total. The van der Waals surface area contributed by atoms with Gasteiger partial charge in [-0.05, 0) is 141 Å². The summed E-state index contributed by atoms with van der Waals surface area (Å²) in [5.41, 5.74) is 2.27. The quantitative estimate of drug-likeness (QED) is 0.113. The summed E-state index contributed by atoms with van der Waals surface area (Å²) < 4.78 is 22.5. The van der Waals surface area contributed by atoms with E-state index < -0.39 is 17.9 Å². The summed E-state index contributed by atoms with van der Waals surface area (Å²) >= 11 is 0. The van der Waals surface area contributed by atoms with Gasteiger partial charge in [-0.1, -0.05) is 52.8 Å². The van der Waals surface area contributed by atoms with E-state index in [4.69, 9.17) is 18.9 Å². The molecule has 0 bridgehead atoms. The van der Waals surface area contributed by atoms with Crippen LogP contribution in [0.4, 0.5) is 0 Å². The molecule has 5 aliphatic rings. The van der Waals surface area contributed by atoms with Crippen LogP contribution in [0.1, 0.15) is 132 Å². The lowest BCUT2D eigenvalue weighted by Crippen LogP contribution is -2.67. The maximum absolute atomic E-state index is 13.3. The first-order valence-corrected chi connectivity index (χ1v) is 20.0. The van der Waals surface area contributed by atoms with Crippen molar-refractivity contribution in [1.29, 1.82) is 0 Å². The summed E-state index contributed by atoms with van der Waals surface area (Å²) in [5, 5.41) is 0. The first-order chi connectivity index (χ1) is 24.8. The molecule has 0 N–H and O–H groups in total. The van der Waals surface area contributed by atoms with Crippen LogP contribution < -0.4 is 9.47 Å². The maximum atomic E-state index is 13.3. The van der Waals surface area contributed by atoms with Crippen molar-refractivity contribution >= 4 is 30.0 Å². The fourth-order valence-electron chi connectivity index (χ4n) is 13.4. The van der Waals surface area contributed by atoms with E-state index in [2.05, 4.69) is 48.1 Å². The highest BCUT2D eigenvalue weighted by Crippen LogP contribution is 2.77. The third kappa shape index (κ3) is 6.68. The van der Waals surface area contributed by atoms with Crippen molar-refractivity contribution in [3.8, 4) is 11.5 Å². The monoisotopic (exact) mass is 730 g/mol. The number of ether oxygens (including phenoxy) is 4. The van der Waals surface area contributed by atoms with E-state index in [0.29, 0.717) is 41.8 Å². The molecular formula is C45H62O8. The maximum Gasteiger partial charge on any atom is 0.331 e. The number of hydrogen-bond acceptors (Lipinski definition) is 8. The Morgan fingerprint density at radius 3 is 2.11 bits per heavy atom. The normalized spacial score (nSPS) is 38.4. The van der Waals surface area contributed by atoms with Crippen molar-refractivity contribution in [3.05, 3.63) is 42.0 Å². The van der Waals surface area contributed by atoms with Crippen LogP contribution in [-0.4, -0.2) is 36.6 Å². The molecule has 0 saturated heterocycles. The molecule has 1 aromatic rings.